The van der Waals surface area contributed by atoms with Gasteiger partial charge in [-0.15, -0.1) is 0 Å². The molecule has 1 heterocycles. The van der Waals surface area contributed by atoms with Crippen LogP contribution in [0.3, 0.4) is 0 Å². The molecule has 0 spiro atoms. The Morgan fingerprint density at radius 1 is 1.43 bits per heavy atom. The van der Waals surface area contributed by atoms with Crippen molar-refractivity contribution in [3.8, 4) is 0 Å². The van der Waals surface area contributed by atoms with Crippen molar-refractivity contribution in [2.24, 2.45) is 0 Å². The van der Waals surface area contributed by atoms with Gasteiger partial charge in [-0.3, -0.25) is 4.90 Å². The first-order chi connectivity index (χ1) is 10.2. The molecule has 0 aliphatic carbocycles. The van der Waals surface area contributed by atoms with Gasteiger partial charge >= 0.3 is 6.09 Å². The number of methoxy groups -OCH3 is 1. The van der Waals surface area contributed by atoms with Crippen molar-refractivity contribution >= 4 is 23.5 Å². The van der Waals surface area contributed by atoms with Crippen molar-refractivity contribution in [3.05, 3.63) is 29.6 Å². The number of carbonyl (C=O) groups is 1. The summed E-state index contributed by atoms with van der Waals surface area (Å²) in [5, 5.41) is 0. The number of amides is 1. The highest BCUT2D eigenvalue weighted by atomic mass is 32.2. The fourth-order valence-electron chi connectivity index (χ4n) is 2.68. The number of nitrogens with zero attached hydrogens (tertiary/aromatic N) is 1. The Hall–Kier alpha value is -1.23. The molecule has 0 atom stereocenters. The number of thioether (sulfide) groups is 1. The molecule has 0 unspecified atom stereocenters. The van der Waals surface area contributed by atoms with E-state index in [2.05, 4.69) is 0 Å². The zero-order valence-corrected chi connectivity index (χ0v) is 13.4. The lowest BCUT2D eigenvalue weighted by molar-refractivity contribution is 0.178. The second kappa shape index (κ2) is 7.69. The molecule has 1 amide bonds. The molecule has 116 valence electrons. The minimum Gasteiger partial charge on any atom is -0.452 e. The molecule has 0 radical (unpaired) electrons. The first kappa shape index (κ1) is 16.1. The van der Waals surface area contributed by atoms with Gasteiger partial charge in [-0.2, -0.15) is 11.8 Å². The molecule has 21 heavy (non-hydrogen) atoms. The maximum atomic E-state index is 14.4. The molecule has 1 saturated heterocycles. The van der Waals surface area contributed by atoms with E-state index in [1.54, 1.807) is 0 Å². The Kier molecular flexibility index (Phi) is 5.91. The van der Waals surface area contributed by atoms with Gasteiger partial charge in [0.2, 0.25) is 0 Å². The summed E-state index contributed by atoms with van der Waals surface area (Å²) in [5.41, 5.74) is 1.34. The van der Waals surface area contributed by atoms with Crippen molar-refractivity contribution in [2.75, 3.05) is 30.1 Å². The second-order valence-corrected chi connectivity index (χ2v) is 6.44. The lowest BCUT2D eigenvalue weighted by atomic mass is 9.93. The van der Waals surface area contributed by atoms with Crippen LogP contribution in [0.4, 0.5) is 14.9 Å². The van der Waals surface area contributed by atoms with E-state index in [0.29, 0.717) is 18.2 Å². The van der Waals surface area contributed by atoms with Crippen LogP contribution in [0.5, 0.6) is 0 Å². The maximum absolute atomic E-state index is 14.4. The van der Waals surface area contributed by atoms with Crippen LogP contribution in [0.2, 0.25) is 0 Å². The fourth-order valence-corrected chi connectivity index (χ4v) is 3.79. The molecule has 1 aliphatic rings. The molecule has 2 rings (SSSR count). The van der Waals surface area contributed by atoms with Gasteiger partial charge in [-0.1, -0.05) is 13.0 Å². The highest BCUT2D eigenvalue weighted by Crippen LogP contribution is 2.34. The molecular formula is C16H22FNO2S. The first-order valence-electron chi connectivity index (χ1n) is 7.40. The van der Waals surface area contributed by atoms with E-state index in [1.165, 1.54) is 18.1 Å². The molecule has 1 aliphatic heterocycles. The van der Waals surface area contributed by atoms with E-state index in [-0.39, 0.29) is 5.82 Å². The summed E-state index contributed by atoms with van der Waals surface area (Å²) in [6.07, 6.45) is 2.39. The van der Waals surface area contributed by atoms with Crippen LogP contribution in [-0.2, 0) is 4.74 Å². The number of hydrogen-bond acceptors (Lipinski definition) is 3. The third-order valence-electron chi connectivity index (χ3n) is 3.80. The summed E-state index contributed by atoms with van der Waals surface area (Å²) >= 11 is 1.93. The van der Waals surface area contributed by atoms with Gasteiger partial charge in [0, 0.05) is 12.2 Å². The average molecular weight is 311 g/mol. The van der Waals surface area contributed by atoms with E-state index in [4.69, 9.17) is 4.74 Å². The molecule has 0 aromatic heterocycles. The van der Waals surface area contributed by atoms with Crippen molar-refractivity contribution in [2.45, 2.75) is 32.1 Å². The summed E-state index contributed by atoms with van der Waals surface area (Å²) < 4.78 is 19.2. The number of rotatable bonds is 4. The van der Waals surface area contributed by atoms with E-state index >= 15 is 0 Å². The number of anilines is 1. The topological polar surface area (TPSA) is 29.5 Å². The molecule has 0 bridgehead atoms. The largest absolute Gasteiger partial charge is 0.452 e. The first-order valence-corrected chi connectivity index (χ1v) is 8.55. The molecule has 5 heteroatoms. The smallest absolute Gasteiger partial charge is 0.413 e. The molecular weight excluding hydrogens is 289 g/mol. The van der Waals surface area contributed by atoms with Gasteiger partial charge in [0.1, 0.15) is 5.82 Å². The molecule has 1 fully saturated rings. The highest BCUT2D eigenvalue weighted by Gasteiger charge is 2.21. The Morgan fingerprint density at radius 2 is 2.14 bits per heavy atom. The summed E-state index contributed by atoms with van der Waals surface area (Å²) in [6.45, 7) is 2.49. The quantitative estimate of drug-likeness (QED) is 0.824. The van der Waals surface area contributed by atoms with E-state index in [0.717, 1.165) is 36.3 Å². The van der Waals surface area contributed by atoms with Crippen molar-refractivity contribution in [3.63, 3.8) is 0 Å². The minimum atomic E-state index is -0.446. The van der Waals surface area contributed by atoms with Crippen molar-refractivity contribution < 1.29 is 13.9 Å². The van der Waals surface area contributed by atoms with Crippen LogP contribution in [0.15, 0.2) is 18.2 Å². The third kappa shape index (κ3) is 3.90. The SMILES string of the molecule is CCCN(C(=O)OC)c1ccc(C2CCSCC2)c(F)c1. The van der Waals surface area contributed by atoms with Gasteiger partial charge in [0.05, 0.1) is 7.11 Å². The van der Waals surface area contributed by atoms with Crippen molar-refractivity contribution in [1.29, 1.82) is 0 Å². The van der Waals surface area contributed by atoms with E-state index < -0.39 is 6.09 Å². The molecule has 1 aromatic rings. The number of hydrogen-bond donors (Lipinski definition) is 0. The van der Waals surface area contributed by atoms with Crippen LogP contribution in [0, 0.1) is 5.82 Å². The van der Waals surface area contributed by atoms with E-state index in [1.807, 2.05) is 30.8 Å². The molecule has 3 nitrogen and oxygen atoms in total. The lowest BCUT2D eigenvalue weighted by Gasteiger charge is -2.24. The molecule has 0 saturated carbocycles. The lowest BCUT2D eigenvalue weighted by Crippen LogP contribution is -2.31. The fraction of sp³-hybridized carbons (Fsp3) is 0.562. The van der Waals surface area contributed by atoms with Gasteiger partial charge in [-0.05, 0) is 54.4 Å². The summed E-state index contributed by atoms with van der Waals surface area (Å²) in [4.78, 5) is 13.3. The Bertz CT molecular complexity index is 489. The molecule has 1 aromatic carbocycles. The minimum absolute atomic E-state index is 0.214. The number of benzene rings is 1. The van der Waals surface area contributed by atoms with Crippen LogP contribution >= 0.6 is 11.8 Å². The van der Waals surface area contributed by atoms with Crippen LogP contribution in [0.1, 0.15) is 37.7 Å². The maximum Gasteiger partial charge on any atom is 0.413 e. The third-order valence-corrected chi connectivity index (χ3v) is 4.85. The van der Waals surface area contributed by atoms with Crippen molar-refractivity contribution in [1.82, 2.24) is 0 Å². The van der Waals surface area contributed by atoms with Crippen LogP contribution in [0.25, 0.3) is 0 Å². The Morgan fingerprint density at radius 3 is 2.71 bits per heavy atom. The van der Waals surface area contributed by atoms with Gasteiger partial charge in [0.15, 0.2) is 0 Å². The monoisotopic (exact) mass is 311 g/mol. The normalized spacial score (nSPS) is 15.8. The average Bonchev–Trinajstić information content (AvgIpc) is 2.52. The summed E-state index contributed by atoms with van der Waals surface area (Å²) in [7, 11) is 1.34. The summed E-state index contributed by atoms with van der Waals surface area (Å²) in [5.74, 6) is 2.28. The Labute approximate surface area is 129 Å². The van der Waals surface area contributed by atoms with Gasteiger partial charge in [0.25, 0.3) is 0 Å². The van der Waals surface area contributed by atoms with Crippen LogP contribution < -0.4 is 4.90 Å². The zero-order chi connectivity index (χ0) is 15.2. The predicted octanol–water partition coefficient (Wildman–Crippen LogP) is 4.42. The highest BCUT2D eigenvalue weighted by molar-refractivity contribution is 7.99. The zero-order valence-electron chi connectivity index (χ0n) is 12.6. The number of carbonyl (C=O) groups excluding carboxylic acids is 1. The predicted molar refractivity (Wildman–Crippen MR) is 85.7 cm³/mol. The van der Waals surface area contributed by atoms with Crippen LogP contribution in [-0.4, -0.2) is 31.3 Å². The van der Waals surface area contributed by atoms with Gasteiger partial charge in [-0.25, -0.2) is 9.18 Å². The summed E-state index contributed by atoms with van der Waals surface area (Å²) in [6, 6.07) is 5.12. The van der Waals surface area contributed by atoms with E-state index in [9.17, 15) is 9.18 Å². The second-order valence-electron chi connectivity index (χ2n) is 5.21. The number of ether oxygens (including phenoxy) is 1. The standard InChI is InChI=1S/C16H22FNO2S/c1-3-8-18(16(19)20-2)13-4-5-14(15(17)11-13)12-6-9-21-10-7-12/h4-5,11-12H,3,6-10H2,1-2H3. The Balaban J connectivity index is 2.22. The molecule has 0 N–H and O–H groups in total. The van der Waals surface area contributed by atoms with Gasteiger partial charge < -0.3 is 4.74 Å². The number of halogens is 1.